The highest BCUT2D eigenvalue weighted by Gasteiger charge is 2.29. The molecule has 1 aliphatic carbocycles. The summed E-state index contributed by atoms with van der Waals surface area (Å²) in [5.74, 6) is 1.92. The summed E-state index contributed by atoms with van der Waals surface area (Å²) in [5.41, 5.74) is 0. The molecule has 2 nitrogen and oxygen atoms in total. The summed E-state index contributed by atoms with van der Waals surface area (Å²) in [7, 11) is 0. The van der Waals surface area contributed by atoms with Crippen LogP contribution in [0.25, 0.3) is 0 Å². The van der Waals surface area contributed by atoms with Gasteiger partial charge in [-0.3, -0.25) is 0 Å². The molecule has 1 saturated heterocycles. The van der Waals surface area contributed by atoms with Crippen LogP contribution in [0.4, 0.5) is 0 Å². The molecule has 0 aromatic rings. The molecular formula is C19H37NO. The Kier molecular flexibility index (Phi) is 8.10. The summed E-state index contributed by atoms with van der Waals surface area (Å²) in [5, 5.41) is 3.83. The Hall–Kier alpha value is -0.0800. The van der Waals surface area contributed by atoms with Crippen molar-refractivity contribution in [2.24, 2.45) is 11.8 Å². The van der Waals surface area contributed by atoms with Gasteiger partial charge in [-0.15, -0.1) is 0 Å². The van der Waals surface area contributed by atoms with E-state index in [0.717, 1.165) is 24.5 Å². The van der Waals surface area contributed by atoms with Crippen molar-refractivity contribution in [3.05, 3.63) is 0 Å². The molecule has 0 aromatic carbocycles. The van der Waals surface area contributed by atoms with Gasteiger partial charge in [-0.2, -0.15) is 0 Å². The van der Waals surface area contributed by atoms with E-state index in [0.29, 0.717) is 6.10 Å². The van der Waals surface area contributed by atoms with E-state index < -0.39 is 0 Å². The van der Waals surface area contributed by atoms with Gasteiger partial charge in [0, 0.05) is 12.6 Å². The summed E-state index contributed by atoms with van der Waals surface area (Å²) in [6, 6.07) is 0.794. The molecule has 21 heavy (non-hydrogen) atoms. The van der Waals surface area contributed by atoms with Crippen molar-refractivity contribution < 1.29 is 4.74 Å². The maximum Gasteiger partial charge on any atom is 0.0576 e. The third-order valence-corrected chi connectivity index (χ3v) is 5.57. The summed E-state index contributed by atoms with van der Waals surface area (Å²) in [6.45, 7) is 6.83. The standard InChI is InChI=1S/C19H37NO/c1-3-7-16-11-12-19(20-13-4-2)17(15-16)8-5-9-18-10-6-14-21-18/h16-20H,3-15H2,1-2H3. The molecule has 1 N–H and O–H groups in total. The van der Waals surface area contributed by atoms with E-state index in [4.69, 9.17) is 4.74 Å². The highest BCUT2D eigenvalue weighted by Crippen LogP contribution is 2.35. The van der Waals surface area contributed by atoms with Crippen LogP contribution in [0.15, 0.2) is 0 Å². The molecule has 0 amide bonds. The maximum absolute atomic E-state index is 5.78. The fourth-order valence-electron chi connectivity index (χ4n) is 4.43. The number of hydrogen-bond acceptors (Lipinski definition) is 2. The Morgan fingerprint density at radius 3 is 2.62 bits per heavy atom. The number of hydrogen-bond donors (Lipinski definition) is 1. The molecular weight excluding hydrogens is 258 g/mol. The van der Waals surface area contributed by atoms with Gasteiger partial charge in [-0.25, -0.2) is 0 Å². The van der Waals surface area contributed by atoms with Crippen LogP contribution >= 0.6 is 0 Å². The van der Waals surface area contributed by atoms with Crippen molar-refractivity contribution in [3.8, 4) is 0 Å². The largest absolute Gasteiger partial charge is 0.378 e. The molecule has 0 bridgehead atoms. The summed E-state index contributed by atoms with van der Waals surface area (Å²) in [4.78, 5) is 0. The van der Waals surface area contributed by atoms with E-state index in [1.807, 2.05) is 0 Å². The van der Waals surface area contributed by atoms with Crippen molar-refractivity contribution in [1.82, 2.24) is 5.32 Å². The van der Waals surface area contributed by atoms with Crippen LogP contribution < -0.4 is 5.32 Å². The third kappa shape index (κ3) is 5.90. The molecule has 124 valence electrons. The SMILES string of the molecule is CCCNC1CCC(CCC)CC1CCCC1CCCO1. The van der Waals surface area contributed by atoms with Crippen LogP contribution in [0.3, 0.4) is 0 Å². The van der Waals surface area contributed by atoms with E-state index in [2.05, 4.69) is 19.2 Å². The predicted molar refractivity (Wildman–Crippen MR) is 90.6 cm³/mol. The van der Waals surface area contributed by atoms with Gasteiger partial charge in [0.1, 0.15) is 0 Å². The molecule has 4 atom stereocenters. The number of ether oxygens (including phenoxy) is 1. The minimum Gasteiger partial charge on any atom is -0.378 e. The van der Waals surface area contributed by atoms with E-state index in [1.54, 1.807) is 0 Å². The topological polar surface area (TPSA) is 21.3 Å². The second-order valence-electron chi connectivity index (χ2n) is 7.35. The second kappa shape index (κ2) is 9.84. The normalized spacial score (nSPS) is 33.4. The highest BCUT2D eigenvalue weighted by molar-refractivity contribution is 4.85. The van der Waals surface area contributed by atoms with Gasteiger partial charge < -0.3 is 10.1 Å². The zero-order chi connectivity index (χ0) is 14.9. The van der Waals surface area contributed by atoms with Gasteiger partial charge in [0.2, 0.25) is 0 Å². The first-order valence-corrected chi connectivity index (χ1v) is 9.68. The van der Waals surface area contributed by atoms with Crippen LogP contribution in [-0.4, -0.2) is 25.3 Å². The Balaban J connectivity index is 1.74. The van der Waals surface area contributed by atoms with E-state index >= 15 is 0 Å². The quantitative estimate of drug-likeness (QED) is 0.652. The summed E-state index contributed by atoms with van der Waals surface area (Å²) >= 11 is 0. The molecule has 2 fully saturated rings. The van der Waals surface area contributed by atoms with Gasteiger partial charge in [0.15, 0.2) is 0 Å². The van der Waals surface area contributed by atoms with Crippen molar-refractivity contribution in [2.45, 2.75) is 96.6 Å². The molecule has 2 aliphatic rings. The van der Waals surface area contributed by atoms with Gasteiger partial charge in [0.25, 0.3) is 0 Å². The predicted octanol–water partition coefficient (Wildman–Crippen LogP) is 4.92. The maximum atomic E-state index is 5.78. The van der Waals surface area contributed by atoms with Gasteiger partial charge in [-0.1, -0.05) is 33.1 Å². The van der Waals surface area contributed by atoms with Crippen LogP contribution in [0.1, 0.15) is 84.5 Å². The Morgan fingerprint density at radius 1 is 1.00 bits per heavy atom. The summed E-state index contributed by atoms with van der Waals surface area (Å²) < 4.78 is 5.78. The Morgan fingerprint density at radius 2 is 1.90 bits per heavy atom. The van der Waals surface area contributed by atoms with Crippen molar-refractivity contribution in [1.29, 1.82) is 0 Å². The van der Waals surface area contributed by atoms with Crippen LogP contribution in [0.5, 0.6) is 0 Å². The van der Waals surface area contributed by atoms with E-state index in [-0.39, 0.29) is 0 Å². The molecule has 0 spiro atoms. The average molecular weight is 296 g/mol. The van der Waals surface area contributed by atoms with Crippen molar-refractivity contribution >= 4 is 0 Å². The van der Waals surface area contributed by atoms with Crippen molar-refractivity contribution in [2.75, 3.05) is 13.2 Å². The Labute approximate surface area is 132 Å². The molecule has 1 saturated carbocycles. The minimum absolute atomic E-state index is 0.585. The van der Waals surface area contributed by atoms with E-state index in [9.17, 15) is 0 Å². The zero-order valence-corrected chi connectivity index (χ0v) is 14.4. The minimum atomic E-state index is 0.585. The second-order valence-corrected chi connectivity index (χ2v) is 7.35. The fourth-order valence-corrected chi connectivity index (χ4v) is 4.43. The fraction of sp³-hybridized carbons (Fsp3) is 1.00. The van der Waals surface area contributed by atoms with Gasteiger partial charge in [0.05, 0.1) is 6.10 Å². The van der Waals surface area contributed by atoms with Crippen LogP contribution in [0, 0.1) is 11.8 Å². The lowest BCUT2D eigenvalue weighted by molar-refractivity contribution is 0.0973. The number of rotatable bonds is 9. The lowest BCUT2D eigenvalue weighted by Crippen LogP contribution is -2.41. The number of nitrogens with one attached hydrogen (secondary N) is 1. The molecule has 0 aromatic heterocycles. The first-order valence-electron chi connectivity index (χ1n) is 9.68. The van der Waals surface area contributed by atoms with Crippen LogP contribution in [0.2, 0.25) is 0 Å². The van der Waals surface area contributed by atoms with Gasteiger partial charge in [-0.05, 0) is 69.7 Å². The molecule has 1 aliphatic heterocycles. The third-order valence-electron chi connectivity index (χ3n) is 5.57. The van der Waals surface area contributed by atoms with Crippen LogP contribution in [-0.2, 0) is 4.74 Å². The average Bonchev–Trinajstić information content (AvgIpc) is 3.00. The first-order chi connectivity index (χ1) is 10.3. The highest BCUT2D eigenvalue weighted by atomic mass is 16.5. The van der Waals surface area contributed by atoms with Crippen molar-refractivity contribution in [3.63, 3.8) is 0 Å². The lowest BCUT2D eigenvalue weighted by Gasteiger charge is -2.37. The molecule has 1 heterocycles. The first kappa shape index (κ1) is 17.3. The smallest absolute Gasteiger partial charge is 0.0576 e. The molecule has 4 unspecified atom stereocenters. The van der Waals surface area contributed by atoms with E-state index in [1.165, 1.54) is 77.2 Å². The molecule has 2 heteroatoms. The zero-order valence-electron chi connectivity index (χ0n) is 14.4. The monoisotopic (exact) mass is 295 g/mol. The molecule has 0 radical (unpaired) electrons. The molecule has 2 rings (SSSR count). The Bertz CT molecular complexity index is 262. The van der Waals surface area contributed by atoms with Gasteiger partial charge >= 0.3 is 0 Å². The lowest BCUT2D eigenvalue weighted by atomic mass is 9.74. The summed E-state index contributed by atoms with van der Waals surface area (Å²) in [6.07, 6.45) is 15.7.